The average Bonchev–Trinajstić information content (AvgIpc) is 2.77. The lowest BCUT2D eigenvalue weighted by Gasteiger charge is -2.06. The molecule has 19 heavy (non-hydrogen) atoms. The molecule has 0 aromatic carbocycles. The molecule has 2 aromatic heterocycles. The van der Waals surface area contributed by atoms with Crippen molar-refractivity contribution < 1.29 is 9.90 Å². The molecule has 0 fully saturated rings. The summed E-state index contributed by atoms with van der Waals surface area (Å²) in [7, 11) is 1.86. The van der Waals surface area contributed by atoms with Crippen LogP contribution in [0.25, 0.3) is 0 Å². The van der Waals surface area contributed by atoms with E-state index >= 15 is 0 Å². The Morgan fingerprint density at radius 2 is 2.26 bits per heavy atom. The van der Waals surface area contributed by atoms with E-state index in [2.05, 4.69) is 15.4 Å². The maximum absolute atomic E-state index is 10.9. The number of aryl methyl sites for hydroxylation is 1. The molecule has 7 heteroatoms. The number of nitrogens with zero attached hydrogens (tertiary/aromatic N) is 3. The molecule has 0 aliphatic carbocycles. The summed E-state index contributed by atoms with van der Waals surface area (Å²) in [5.74, 6) is -0.656. The van der Waals surface area contributed by atoms with E-state index < -0.39 is 5.97 Å². The highest BCUT2D eigenvalue weighted by atomic mass is 35.5. The summed E-state index contributed by atoms with van der Waals surface area (Å²) >= 11 is 5.74. The molecule has 0 saturated heterocycles. The summed E-state index contributed by atoms with van der Waals surface area (Å²) in [5.41, 5.74) is 0.812. The summed E-state index contributed by atoms with van der Waals surface area (Å²) in [5, 5.41) is 16.3. The fourth-order valence-corrected chi connectivity index (χ4v) is 1.79. The molecule has 0 spiro atoms. The number of pyridine rings is 1. The summed E-state index contributed by atoms with van der Waals surface area (Å²) in [6.07, 6.45) is 2.60. The van der Waals surface area contributed by atoms with Crippen LogP contribution in [0.4, 0.5) is 5.82 Å². The van der Waals surface area contributed by atoms with Crippen molar-refractivity contribution in [3.8, 4) is 0 Å². The van der Waals surface area contributed by atoms with Gasteiger partial charge in [0.05, 0.1) is 10.7 Å². The van der Waals surface area contributed by atoms with E-state index in [0.717, 1.165) is 12.1 Å². The second kappa shape index (κ2) is 5.71. The number of carboxylic acids is 1. The van der Waals surface area contributed by atoms with Crippen molar-refractivity contribution >= 4 is 23.4 Å². The molecule has 0 bridgehead atoms. The minimum Gasteiger partial charge on any atom is -0.476 e. The van der Waals surface area contributed by atoms with Crippen LogP contribution in [0.1, 0.15) is 16.2 Å². The molecule has 0 unspecified atom stereocenters. The van der Waals surface area contributed by atoms with Crippen molar-refractivity contribution in [2.75, 3.05) is 11.9 Å². The SMILES string of the molecule is Cn1ccc(CCNc2ccc(Cl)c(C(=O)O)n2)n1. The Labute approximate surface area is 115 Å². The number of anilines is 1. The maximum atomic E-state index is 10.9. The van der Waals surface area contributed by atoms with Gasteiger partial charge in [0.15, 0.2) is 5.69 Å². The molecule has 6 nitrogen and oxygen atoms in total. The number of halogens is 1. The predicted octanol–water partition coefficient (Wildman–Crippen LogP) is 1.82. The number of carbonyl (C=O) groups is 1. The smallest absolute Gasteiger partial charge is 0.356 e. The minimum absolute atomic E-state index is 0.128. The van der Waals surface area contributed by atoms with Gasteiger partial charge in [-0.1, -0.05) is 11.6 Å². The first-order valence-corrected chi connectivity index (χ1v) is 6.06. The summed E-state index contributed by atoms with van der Waals surface area (Å²) in [4.78, 5) is 14.8. The van der Waals surface area contributed by atoms with Crippen molar-refractivity contribution in [3.63, 3.8) is 0 Å². The molecular weight excluding hydrogens is 268 g/mol. The van der Waals surface area contributed by atoms with E-state index in [0.29, 0.717) is 12.4 Å². The Kier molecular flexibility index (Phi) is 4.01. The van der Waals surface area contributed by atoms with Crippen LogP contribution in [0.2, 0.25) is 5.02 Å². The number of carboxylic acid groups (broad SMARTS) is 1. The van der Waals surface area contributed by atoms with E-state index in [9.17, 15) is 4.79 Å². The zero-order valence-electron chi connectivity index (χ0n) is 10.3. The van der Waals surface area contributed by atoms with Gasteiger partial charge in [0.1, 0.15) is 5.82 Å². The molecule has 2 N–H and O–H groups in total. The number of aromatic carboxylic acids is 1. The highest BCUT2D eigenvalue weighted by Gasteiger charge is 2.11. The molecule has 0 radical (unpaired) electrons. The highest BCUT2D eigenvalue weighted by molar-refractivity contribution is 6.33. The lowest BCUT2D eigenvalue weighted by Crippen LogP contribution is -2.09. The molecule has 0 amide bonds. The molecule has 2 aromatic rings. The summed E-state index contributed by atoms with van der Waals surface area (Å²) in [6.45, 7) is 0.616. The van der Waals surface area contributed by atoms with Crippen LogP contribution in [0.5, 0.6) is 0 Å². The second-order valence-electron chi connectivity index (χ2n) is 3.99. The molecular formula is C12H13ClN4O2. The van der Waals surface area contributed by atoms with Gasteiger partial charge in [-0.05, 0) is 18.2 Å². The first kappa shape index (κ1) is 13.4. The van der Waals surface area contributed by atoms with Crippen molar-refractivity contribution in [1.82, 2.24) is 14.8 Å². The normalized spacial score (nSPS) is 10.4. The zero-order chi connectivity index (χ0) is 13.8. The Hall–Kier alpha value is -2.08. The number of rotatable bonds is 5. The third-order valence-corrected chi connectivity index (χ3v) is 2.81. The van der Waals surface area contributed by atoms with Crippen molar-refractivity contribution in [2.24, 2.45) is 7.05 Å². The van der Waals surface area contributed by atoms with Crippen molar-refractivity contribution in [3.05, 3.63) is 40.8 Å². The van der Waals surface area contributed by atoms with Gasteiger partial charge >= 0.3 is 5.97 Å². The Morgan fingerprint density at radius 1 is 1.47 bits per heavy atom. The van der Waals surface area contributed by atoms with Crippen LogP contribution in [-0.4, -0.2) is 32.4 Å². The lowest BCUT2D eigenvalue weighted by atomic mass is 10.3. The van der Waals surface area contributed by atoms with Gasteiger partial charge in [-0.15, -0.1) is 0 Å². The third-order valence-electron chi connectivity index (χ3n) is 2.50. The fraction of sp³-hybridized carbons (Fsp3) is 0.250. The van der Waals surface area contributed by atoms with Crippen LogP contribution in [0.3, 0.4) is 0 Å². The number of nitrogens with one attached hydrogen (secondary N) is 1. The van der Waals surface area contributed by atoms with Gasteiger partial charge in [0.2, 0.25) is 0 Å². The summed E-state index contributed by atoms with van der Waals surface area (Å²) in [6, 6.07) is 5.09. The Morgan fingerprint density at radius 3 is 2.89 bits per heavy atom. The van der Waals surface area contributed by atoms with Gasteiger partial charge < -0.3 is 10.4 Å². The monoisotopic (exact) mass is 280 g/mol. The van der Waals surface area contributed by atoms with E-state index in [1.807, 2.05) is 19.3 Å². The van der Waals surface area contributed by atoms with E-state index in [4.69, 9.17) is 16.7 Å². The molecule has 0 atom stereocenters. The molecule has 100 valence electrons. The molecule has 0 saturated carbocycles. The van der Waals surface area contributed by atoms with Crippen molar-refractivity contribution in [2.45, 2.75) is 6.42 Å². The van der Waals surface area contributed by atoms with E-state index in [1.165, 1.54) is 6.07 Å². The first-order valence-electron chi connectivity index (χ1n) is 5.68. The third kappa shape index (κ3) is 3.45. The van der Waals surface area contributed by atoms with Gasteiger partial charge in [0, 0.05) is 26.2 Å². The van der Waals surface area contributed by atoms with Crippen LogP contribution in [0.15, 0.2) is 24.4 Å². The zero-order valence-corrected chi connectivity index (χ0v) is 11.1. The van der Waals surface area contributed by atoms with Gasteiger partial charge in [-0.3, -0.25) is 4.68 Å². The Balaban J connectivity index is 1.96. The molecule has 2 heterocycles. The van der Waals surface area contributed by atoms with Crippen LogP contribution < -0.4 is 5.32 Å². The summed E-state index contributed by atoms with van der Waals surface area (Å²) < 4.78 is 1.73. The van der Waals surface area contributed by atoms with Gasteiger partial charge in [-0.25, -0.2) is 9.78 Å². The Bertz CT molecular complexity index is 597. The topological polar surface area (TPSA) is 80.0 Å². The minimum atomic E-state index is -1.14. The highest BCUT2D eigenvalue weighted by Crippen LogP contribution is 2.16. The van der Waals surface area contributed by atoms with Crippen LogP contribution >= 0.6 is 11.6 Å². The number of aromatic nitrogens is 3. The van der Waals surface area contributed by atoms with Crippen LogP contribution in [-0.2, 0) is 13.5 Å². The van der Waals surface area contributed by atoms with Crippen LogP contribution in [0, 0.1) is 0 Å². The molecule has 0 aliphatic heterocycles. The number of hydrogen-bond donors (Lipinski definition) is 2. The quantitative estimate of drug-likeness (QED) is 0.873. The fourth-order valence-electron chi connectivity index (χ4n) is 1.61. The lowest BCUT2D eigenvalue weighted by molar-refractivity contribution is 0.0691. The van der Waals surface area contributed by atoms with E-state index in [-0.39, 0.29) is 10.7 Å². The predicted molar refractivity (Wildman–Crippen MR) is 71.6 cm³/mol. The molecule has 2 rings (SSSR count). The van der Waals surface area contributed by atoms with Gasteiger partial charge in [-0.2, -0.15) is 5.10 Å². The number of hydrogen-bond acceptors (Lipinski definition) is 4. The standard InChI is InChI=1S/C12H13ClN4O2/c1-17-7-5-8(16-17)4-6-14-10-3-2-9(13)11(15-10)12(18)19/h2-3,5,7H,4,6H2,1H3,(H,14,15)(H,18,19). The maximum Gasteiger partial charge on any atom is 0.356 e. The largest absolute Gasteiger partial charge is 0.476 e. The van der Waals surface area contributed by atoms with E-state index in [1.54, 1.807) is 10.7 Å². The first-order chi connectivity index (χ1) is 9.06. The van der Waals surface area contributed by atoms with Crippen molar-refractivity contribution in [1.29, 1.82) is 0 Å². The molecule has 0 aliphatic rings. The average molecular weight is 281 g/mol. The second-order valence-corrected chi connectivity index (χ2v) is 4.40. The van der Waals surface area contributed by atoms with Gasteiger partial charge in [0.25, 0.3) is 0 Å².